The van der Waals surface area contributed by atoms with Crippen LogP contribution in [0.25, 0.3) is 0 Å². The van der Waals surface area contributed by atoms with Crippen LogP contribution in [0.1, 0.15) is 48.9 Å². The number of carbonyl (C=O) groups excluding carboxylic acids is 1. The fourth-order valence-electron chi connectivity index (χ4n) is 6.70. The second kappa shape index (κ2) is 8.73. The van der Waals surface area contributed by atoms with Gasteiger partial charge in [-0.25, -0.2) is 0 Å². The van der Waals surface area contributed by atoms with Crippen molar-refractivity contribution in [3.05, 3.63) is 29.1 Å². The van der Waals surface area contributed by atoms with E-state index in [1.54, 1.807) is 4.90 Å². The first kappa shape index (κ1) is 22.9. The number of alkyl halides is 3. The summed E-state index contributed by atoms with van der Waals surface area (Å²) in [7, 11) is 3.57. The SMILES string of the molecule is CO[n+]1cc(C(F)(F)F)cc2c1CCN(C(=O)C1CCC(N(C)C3C4CCC3COC4)C1)C2. The van der Waals surface area contributed by atoms with Crippen LogP contribution < -0.4 is 9.57 Å². The Morgan fingerprint density at radius 3 is 2.61 bits per heavy atom. The van der Waals surface area contributed by atoms with Crippen molar-refractivity contribution in [2.24, 2.45) is 17.8 Å². The van der Waals surface area contributed by atoms with Crippen molar-refractivity contribution in [3.8, 4) is 0 Å². The smallest absolute Gasteiger partial charge is 0.381 e. The number of amides is 1. The van der Waals surface area contributed by atoms with E-state index in [-0.39, 0.29) is 18.4 Å². The van der Waals surface area contributed by atoms with Crippen LogP contribution in [0.3, 0.4) is 0 Å². The maximum absolute atomic E-state index is 13.4. The molecule has 182 valence electrons. The Labute approximate surface area is 192 Å². The fraction of sp³-hybridized carbons (Fsp3) is 0.750. The van der Waals surface area contributed by atoms with E-state index in [0.29, 0.717) is 48.1 Å². The highest BCUT2D eigenvalue weighted by atomic mass is 19.4. The highest BCUT2D eigenvalue weighted by Gasteiger charge is 2.46. The van der Waals surface area contributed by atoms with E-state index in [9.17, 15) is 18.0 Å². The molecular weight excluding hydrogens is 435 g/mol. The van der Waals surface area contributed by atoms with E-state index >= 15 is 0 Å². The molecule has 0 N–H and O–H groups in total. The van der Waals surface area contributed by atoms with E-state index in [2.05, 4.69) is 11.9 Å². The minimum Gasteiger partial charge on any atom is -0.381 e. The zero-order chi connectivity index (χ0) is 23.3. The van der Waals surface area contributed by atoms with Crippen molar-refractivity contribution in [2.45, 2.75) is 63.3 Å². The van der Waals surface area contributed by atoms with E-state index in [4.69, 9.17) is 9.57 Å². The van der Waals surface area contributed by atoms with Crippen molar-refractivity contribution < 1.29 is 32.3 Å². The van der Waals surface area contributed by atoms with Crippen LogP contribution in [0.5, 0.6) is 0 Å². The monoisotopic (exact) mass is 468 g/mol. The summed E-state index contributed by atoms with van der Waals surface area (Å²) in [5.41, 5.74) is 0.455. The molecule has 2 saturated carbocycles. The van der Waals surface area contributed by atoms with Crippen LogP contribution in [0, 0.1) is 17.8 Å². The Morgan fingerprint density at radius 1 is 1.21 bits per heavy atom. The van der Waals surface area contributed by atoms with Gasteiger partial charge in [0.05, 0.1) is 26.2 Å². The molecule has 5 rings (SSSR count). The molecule has 2 bridgehead atoms. The van der Waals surface area contributed by atoms with Gasteiger partial charge in [-0.3, -0.25) is 14.5 Å². The predicted molar refractivity (Wildman–Crippen MR) is 113 cm³/mol. The van der Waals surface area contributed by atoms with Crippen molar-refractivity contribution in [1.29, 1.82) is 0 Å². The first-order chi connectivity index (χ1) is 15.8. The number of ether oxygens (including phenoxy) is 1. The highest BCUT2D eigenvalue weighted by molar-refractivity contribution is 5.79. The van der Waals surface area contributed by atoms with Crippen molar-refractivity contribution in [3.63, 3.8) is 0 Å². The average molecular weight is 469 g/mol. The quantitative estimate of drug-likeness (QED) is 0.637. The molecule has 0 aromatic carbocycles. The molecule has 6 nitrogen and oxygen atoms in total. The molecule has 3 heterocycles. The summed E-state index contributed by atoms with van der Waals surface area (Å²) >= 11 is 0. The van der Waals surface area contributed by atoms with Gasteiger partial charge in [-0.1, -0.05) is 0 Å². The lowest BCUT2D eigenvalue weighted by Gasteiger charge is -2.40. The minimum atomic E-state index is -4.46. The van der Waals surface area contributed by atoms with Gasteiger partial charge in [0.15, 0.2) is 0 Å². The Hall–Kier alpha value is -1.87. The standard InChI is InChI=1S/C24H33F3N3O3/c1-28(22-16-3-4-17(22)14-33-13-16)20-6-5-15(10-20)23(31)29-8-7-21-18(11-29)9-19(24(25,26)27)12-30(21)32-2/h9,12,15-17,20,22H,3-8,10-11,13-14H2,1-2H3/q+1. The summed E-state index contributed by atoms with van der Waals surface area (Å²) in [6.07, 6.45) is 2.12. The number of hydrogen-bond donors (Lipinski definition) is 0. The maximum Gasteiger partial charge on any atom is 0.422 e. The van der Waals surface area contributed by atoms with Crippen LogP contribution in [-0.4, -0.2) is 61.7 Å². The average Bonchev–Trinajstić information content (AvgIpc) is 3.38. The Balaban J connectivity index is 1.26. The molecule has 33 heavy (non-hydrogen) atoms. The van der Waals surface area contributed by atoms with Gasteiger partial charge in [-0.05, 0) is 57.1 Å². The molecule has 1 aromatic heterocycles. The van der Waals surface area contributed by atoms with Gasteiger partial charge >= 0.3 is 6.18 Å². The normalized spacial score (nSPS) is 31.7. The number of nitrogens with zero attached hydrogens (tertiary/aromatic N) is 3. The molecule has 0 radical (unpaired) electrons. The van der Waals surface area contributed by atoms with Gasteiger partial charge in [-0.2, -0.15) is 13.2 Å². The van der Waals surface area contributed by atoms with Gasteiger partial charge < -0.3 is 9.64 Å². The van der Waals surface area contributed by atoms with E-state index in [0.717, 1.165) is 44.7 Å². The van der Waals surface area contributed by atoms with Crippen LogP contribution >= 0.6 is 0 Å². The third-order valence-corrected chi connectivity index (χ3v) is 8.38. The van der Waals surface area contributed by atoms with Crippen LogP contribution in [0.15, 0.2) is 12.3 Å². The van der Waals surface area contributed by atoms with Crippen molar-refractivity contribution in [1.82, 2.24) is 9.80 Å². The maximum atomic E-state index is 13.4. The number of halogens is 3. The van der Waals surface area contributed by atoms with Crippen molar-refractivity contribution >= 4 is 5.91 Å². The topological polar surface area (TPSA) is 45.9 Å². The first-order valence-electron chi connectivity index (χ1n) is 12.0. The molecule has 9 heteroatoms. The number of aromatic nitrogens is 1. The summed E-state index contributed by atoms with van der Waals surface area (Å²) in [6, 6.07) is 2.09. The Bertz CT molecular complexity index is 893. The minimum absolute atomic E-state index is 0.0585. The molecule has 1 aromatic rings. The van der Waals surface area contributed by atoms with E-state index in [1.807, 2.05) is 0 Å². The second-order valence-electron chi connectivity index (χ2n) is 10.2. The molecule has 2 aliphatic heterocycles. The van der Waals surface area contributed by atoms with Gasteiger partial charge in [-0.15, -0.1) is 0 Å². The van der Waals surface area contributed by atoms with Crippen LogP contribution in [-0.2, 0) is 28.7 Å². The predicted octanol–water partition coefficient (Wildman–Crippen LogP) is 2.46. The summed E-state index contributed by atoms with van der Waals surface area (Å²) in [6.45, 7) is 2.38. The number of fused-ring (bicyclic) bond motifs is 3. The summed E-state index contributed by atoms with van der Waals surface area (Å²) < 4.78 is 47.0. The number of carbonyl (C=O) groups is 1. The fourth-order valence-corrected chi connectivity index (χ4v) is 6.70. The first-order valence-corrected chi connectivity index (χ1v) is 12.0. The lowest BCUT2D eigenvalue weighted by molar-refractivity contribution is -0.891. The van der Waals surface area contributed by atoms with E-state index in [1.165, 1.54) is 24.7 Å². The van der Waals surface area contributed by atoms with Crippen molar-refractivity contribution in [2.75, 3.05) is 33.9 Å². The lowest BCUT2D eigenvalue weighted by Crippen LogP contribution is -2.51. The van der Waals surface area contributed by atoms with Crippen LogP contribution in [0.2, 0.25) is 0 Å². The van der Waals surface area contributed by atoms with Gasteiger partial charge in [0.2, 0.25) is 17.8 Å². The summed E-state index contributed by atoms with van der Waals surface area (Å²) in [5, 5.41) is 0. The number of pyridine rings is 1. The molecule has 1 amide bonds. The second-order valence-corrected chi connectivity index (χ2v) is 10.2. The Kier molecular flexibility index (Phi) is 6.05. The molecular formula is C24H33F3N3O3+. The highest BCUT2D eigenvalue weighted by Crippen LogP contribution is 2.42. The lowest BCUT2D eigenvalue weighted by atomic mass is 9.93. The third kappa shape index (κ3) is 4.22. The van der Waals surface area contributed by atoms with Crippen LogP contribution in [0.4, 0.5) is 13.2 Å². The molecule has 4 unspecified atom stereocenters. The number of rotatable bonds is 4. The molecule has 0 spiro atoms. The molecule has 1 saturated heterocycles. The van der Waals surface area contributed by atoms with Gasteiger partial charge in [0, 0.05) is 34.8 Å². The zero-order valence-electron chi connectivity index (χ0n) is 19.3. The van der Waals surface area contributed by atoms with Gasteiger partial charge in [0.25, 0.3) is 0 Å². The van der Waals surface area contributed by atoms with E-state index < -0.39 is 11.7 Å². The molecule has 4 atom stereocenters. The molecule has 4 aliphatic rings. The van der Waals surface area contributed by atoms with Gasteiger partial charge in [0.1, 0.15) is 12.7 Å². The third-order valence-electron chi connectivity index (χ3n) is 8.38. The number of hydrogen-bond acceptors (Lipinski definition) is 4. The zero-order valence-corrected chi connectivity index (χ0v) is 19.3. The molecule has 3 fully saturated rings. The summed E-state index contributed by atoms with van der Waals surface area (Å²) in [5.74, 6) is 1.21. The Morgan fingerprint density at radius 2 is 1.94 bits per heavy atom. The largest absolute Gasteiger partial charge is 0.422 e. The summed E-state index contributed by atoms with van der Waals surface area (Å²) in [4.78, 5) is 22.8. The molecule has 2 aliphatic carbocycles.